The lowest BCUT2D eigenvalue weighted by Gasteiger charge is -2.11. The lowest BCUT2D eigenvalue weighted by molar-refractivity contribution is 1.29. The Bertz CT molecular complexity index is 309. The van der Waals surface area contributed by atoms with Crippen LogP contribution in [0.25, 0.3) is 0 Å². The maximum atomic E-state index is 3.98. The van der Waals surface area contributed by atoms with Gasteiger partial charge in [0.05, 0.1) is 0 Å². The van der Waals surface area contributed by atoms with E-state index in [4.69, 9.17) is 0 Å². The van der Waals surface area contributed by atoms with E-state index in [0.717, 1.165) is 11.1 Å². The third kappa shape index (κ3) is 3.21. The molecule has 0 saturated carbocycles. The van der Waals surface area contributed by atoms with Crippen molar-refractivity contribution >= 4 is 0 Å². The van der Waals surface area contributed by atoms with E-state index in [9.17, 15) is 0 Å². The van der Waals surface area contributed by atoms with Crippen molar-refractivity contribution in [3.05, 3.63) is 59.8 Å². The van der Waals surface area contributed by atoms with Crippen LogP contribution in [-0.2, 0) is 0 Å². The lowest BCUT2D eigenvalue weighted by Crippen LogP contribution is -1.92. The molecule has 0 heteroatoms. The fraction of sp³-hybridized carbons (Fsp3) is 0.286. The molecule has 0 saturated heterocycles. The van der Waals surface area contributed by atoms with Crippen molar-refractivity contribution in [2.24, 2.45) is 0 Å². The molecule has 0 fully saturated rings. The van der Waals surface area contributed by atoms with Crippen molar-refractivity contribution in [3.63, 3.8) is 0 Å². The summed E-state index contributed by atoms with van der Waals surface area (Å²) < 4.78 is 0. The minimum atomic E-state index is 1.07. The van der Waals surface area contributed by atoms with Crippen LogP contribution < -0.4 is 0 Å². The summed E-state index contributed by atoms with van der Waals surface area (Å²) in [5, 5.41) is 0. The summed E-state index contributed by atoms with van der Waals surface area (Å²) in [7, 11) is 0. The van der Waals surface area contributed by atoms with E-state index in [2.05, 4.69) is 32.2 Å². The highest BCUT2D eigenvalue weighted by Gasteiger charge is 2.05. The number of allylic oxidation sites excluding steroid dienone is 8. The largest absolute Gasteiger partial charge is 0.0990 e. The number of rotatable bonds is 4. The SMILES string of the molecule is C=C\C=C(C(=C)C)/C(=C\C)C(/C)=C\C. The lowest BCUT2D eigenvalue weighted by atomic mass is 9.93. The molecule has 0 bridgehead atoms. The predicted octanol–water partition coefficient (Wildman–Crippen LogP) is 4.59. The molecule has 0 N–H and O–H groups in total. The van der Waals surface area contributed by atoms with Crippen LogP contribution in [0.2, 0.25) is 0 Å². The third-order valence-electron chi connectivity index (χ3n) is 2.18. The van der Waals surface area contributed by atoms with E-state index in [0.29, 0.717) is 0 Å². The highest BCUT2D eigenvalue weighted by atomic mass is 14.1. The van der Waals surface area contributed by atoms with Gasteiger partial charge in [0.25, 0.3) is 0 Å². The first kappa shape index (κ1) is 12.7. The van der Waals surface area contributed by atoms with Crippen molar-refractivity contribution in [1.29, 1.82) is 0 Å². The van der Waals surface area contributed by atoms with Gasteiger partial charge in [-0.05, 0) is 44.4 Å². The fourth-order valence-electron chi connectivity index (χ4n) is 1.33. The minimum absolute atomic E-state index is 1.07. The molecule has 0 aliphatic rings. The molecule has 0 amide bonds. The zero-order valence-corrected chi connectivity index (χ0v) is 9.72. The summed E-state index contributed by atoms with van der Waals surface area (Å²) in [6, 6.07) is 0. The van der Waals surface area contributed by atoms with Gasteiger partial charge < -0.3 is 0 Å². The topological polar surface area (TPSA) is 0 Å². The smallest absolute Gasteiger partial charge is 0.0162 e. The Labute approximate surface area is 88.0 Å². The van der Waals surface area contributed by atoms with Crippen LogP contribution in [0, 0.1) is 0 Å². The van der Waals surface area contributed by atoms with Crippen molar-refractivity contribution < 1.29 is 0 Å². The number of hydrogen-bond acceptors (Lipinski definition) is 0. The summed E-state index contributed by atoms with van der Waals surface area (Å²) in [6.07, 6.45) is 8.02. The van der Waals surface area contributed by atoms with Gasteiger partial charge >= 0.3 is 0 Å². The molecule has 0 aromatic heterocycles. The Morgan fingerprint density at radius 1 is 1.00 bits per heavy atom. The summed E-state index contributed by atoms with van der Waals surface area (Å²) in [5.74, 6) is 0. The van der Waals surface area contributed by atoms with Gasteiger partial charge in [-0.3, -0.25) is 0 Å². The predicted molar refractivity (Wildman–Crippen MR) is 66.3 cm³/mol. The molecular weight excluding hydrogens is 168 g/mol. The second kappa shape index (κ2) is 6.20. The molecule has 76 valence electrons. The van der Waals surface area contributed by atoms with Gasteiger partial charge in [0, 0.05) is 0 Å². The molecule has 0 aromatic rings. The van der Waals surface area contributed by atoms with Gasteiger partial charge in [-0.25, -0.2) is 0 Å². The van der Waals surface area contributed by atoms with Gasteiger partial charge in [-0.15, -0.1) is 0 Å². The highest BCUT2D eigenvalue weighted by molar-refractivity contribution is 5.54. The molecule has 0 aliphatic heterocycles. The Balaban J connectivity index is 5.30. The van der Waals surface area contributed by atoms with Gasteiger partial charge in [-0.1, -0.05) is 43.0 Å². The van der Waals surface area contributed by atoms with Crippen LogP contribution >= 0.6 is 0 Å². The molecular formula is C14H20. The Kier molecular flexibility index (Phi) is 5.62. The molecule has 0 atom stereocenters. The average Bonchev–Trinajstić information content (AvgIpc) is 2.16. The second-order valence-corrected chi connectivity index (χ2v) is 3.27. The van der Waals surface area contributed by atoms with Gasteiger partial charge in [0.1, 0.15) is 0 Å². The maximum Gasteiger partial charge on any atom is -0.0162 e. The van der Waals surface area contributed by atoms with E-state index < -0.39 is 0 Å². The molecule has 0 aromatic carbocycles. The van der Waals surface area contributed by atoms with Crippen LogP contribution in [0.5, 0.6) is 0 Å². The molecule has 0 radical (unpaired) electrons. The monoisotopic (exact) mass is 188 g/mol. The standard InChI is InChI=1S/C14H20/c1-7-10-14(11(4)5)13(9-3)12(6)8-2/h7-10H,1,4H2,2-3,5-6H3/b12-8-,13-9-,14-10-. The maximum absolute atomic E-state index is 3.98. The van der Waals surface area contributed by atoms with E-state index in [1.165, 1.54) is 11.1 Å². The van der Waals surface area contributed by atoms with Crippen LogP contribution in [-0.4, -0.2) is 0 Å². The van der Waals surface area contributed by atoms with E-state index in [1.807, 2.05) is 26.8 Å². The second-order valence-electron chi connectivity index (χ2n) is 3.27. The molecule has 0 aliphatic carbocycles. The summed E-state index contributed by atoms with van der Waals surface area (Å²) >= 11 is 0. The van der Waals surface area contributed by atoms with Gasteiger partial charge in [-0.2, -0.15) is 0 Å². The molecule has 0 spiro atoms. The van der Waals surface area contributed by atoms with Crippen LogP contribution in [0.4, 0.5) is 0 Å². The van der Waals surface area contributed by atoms with E-state index in [1.54, 1.807) is 6.08 Å². The Morgan fingerprint density at radius 3 is 1.86 bits per heavy atom. The fourth-order valence-corrected chi connectivity index (χ4v) is 1.33. The van der Waals surface area contributed by atoms with E-state index in [-0.39, 0.29) is 0 Å². The summed E-state index contributed by atoms with van der Waals surface area (Å²) in [4.78, 5) is 0. The first-order chi connectivity index (χ1) is 6.58. The average molecular weight is 188 g/mol. The normalized spacial score (nSPS) is 14.1. The Hall–Kier alpha value is -1.30. The van der Waals surface area contributed by atoms with Crippen molar-refractivity contribution in [3.8, 4) is 0 Å². The molecule has 0 heterocycles. The number of hydrogen-bond donors (Lipinski definition) is 0. The molecule has 0 rings (SSSR count). The van der Waals surface area contributed by atoms with Gasteiger partial charge in [0.15, 0.2) is 0 Å². The summed E-state index contributed by atoms with van der Waals surface area (Å²) in [5.41, 5.74) is 4.74. The first-order valence-corrected chi connectivity index (χ1v) is 4.87. The third-order valence-corrected chi connectivity index (χ3v) is 2.18. The van der Waals surface area contributed by atoms with Crippen molar-refractivity contribution in [2.45, 2.75) is 27.7 Å². The van der Waals surface area contributed by atoms with Crippen molar-refractivity contribution in [2.75, 3.05) is 0 Å². The Morgan fingerprint density at radius 2 is 1.57 bits per heavy atom. The van der Waals surface area contributed by atoms with Crippen molar-refractivity contribution in [1.82, 2.24) is 0 Å². The first-order valence-electron chi connectivity index (χ1n) is 4.87. The van der Waals surface area contributed by atoms with Gasteiger partial charge in [0.2, 0.25) is 0 Å². The van der Waals surface area contributed by atoms with Crippen LogP contribution in [0.15, 0.2) is 59.8 Å². The molecule has 0 unspecified atom stereocenters. The zero-order chi connectivity index (χ0) is 11.1. The van der Waals surface area contributed by atoms with Crippen LogP contribution in [0.3, 0.4) is 0 Å². The zero-order valence-electron chi connectivity index (χ0n) is 9.72. The van der Waals surface area contributed by atoms with Crippen LogP contribution in [0.1, 0.15) is 27.7 Å². The minimum Gasteiger partial charge on any atom is -0.0990 e. The van der Waals surface area contributed by atoms with E-state index >= 15 is 0 Å². The quantitative estimate of drug-likeness (QED) is 0.566. The molecule has 0 nitrogen and oxygen atoms in total. The summed E-state index contributed by atoms with van der Waals surface area (Å²) in [6.45, 7) is 15.9. The highest BCUT2D eigenvalue weighted by Crippen LogP contribution is 2.24. The molecule has 14 heavy (non-hydrogen) atoms.